The van der Waals surface area contributed by atoms with E-state index in [-0.39, 0.29) is 11.9 Å². The van der Waals surface area contributed by atoms with Gasteiger partial charge in [-0.2, -0.15) is 0 Å². The van der Waals surface area contributed by atoms with Gasteiger partial charge in [-0.3, -0.25) is 0 Å². The van der Waals surface area contributed by atoms with Crippen molar-refractivity contribution >= 4 is 15.9 Å². The first-order valence-corrected chi connectivity index (χ1v) is 7.13. The van der Waals surface area contributed by atoms with Gasteiger partial charge < -0.3 is 10.1 Å². The minimum atomic E-state index is -0.274. The number of hydrogen-bond acceptors (Lipinski definition) is 2. The van der Waals surface area contributed by atoms with Crippen molar-refractivity contribution in [3.05, 3.63) is 63.4 Å². The Hall–Kier alpha value is -1.39. The van der Waals surface area contributed by atoms with Crippen LogP contribution in [-0.2, 0) is 0 Å². The van der Waals surface area contributed by atoms with Gasteiger partial charge in [-0.15, -0.1) is 0 Å². The van der Waals surface area contributed by atoms with Gasteiger partial charge in [0.05, 0.1) is 13.2 Å². The second-order valence-corrected chi connectivity index (χ2v) is 5.49. The molecule has 0 fully saturated rings. The molecule has 0 aliphatic heterocycles. The molecule has 0 aromatic heterocycles. The molecular formula is C16H17BrFNO. The van der Waals surface area contributed by atoms with E-state index in [0.717, 1.165) is 15.6 Å². The molecule has 4 heteroatoms. The highest BCUT2D eigenvalue weighted by molar-refractivity contribution is 9.10. The molecule has 0 saturated carbocycles. The minimum Gasteiger partial charge on any atom is -0.496 e. The summed E-state index contributed by atoms with van der Waals surface area (Å²) in [7, 11) is 3.44. The molecule has 0 amide bonds. The molecule has 1 N–H and O–H groups in total. The molecule has 0 aliphatic carbocycles. The zero-order valence-electron chi connectivity index (χ0n) is 11.7. The second kappa shape index (κ2) is 6.37. The van der Waals surface area contributed by atoms with E-state index in [1.165, 1.54) is 17.7 Å². The maximum absolute atomic E-state index is 13.6. The van der Waals surface area contributed by atoms with Crippen molar-refractivity contribution in [1.29, 1.82) is 0 Å². The summed E-state index contributed by atoms with van der Waals surface area (Å²) in [6, 6.07) is 10.5. The van der Waals surface area contributed by atoms with Crippen LogP contribution < -0.4 is 10.1 Å². The first-order chi connectivity index (χ1) is 9.56. The van der Waals surface area contributed by atoms with E-state index in [4.69, 9.17) is 4.74 Å². The van der Waals surface area contributed by atoms with E-state index in [9.17, 15) is 4.39 Å². The third-order valence-electron chi connectivity index (χ3n) is 3.26. The summed E-state index contributed by atoms with van der Waals surface area (Å²) in [5.74, 6) is 0.391. The summed E-state index contributed by atoms with van der Waals surface area (Å²) in [5.41, 5.74) is 2.99. The van der Waals surface area contributed by atoms with Crippen molar-refractivity contribution in [2.75, 3.05) is 14.2 Å². The van der Waals surface area contributed by atoms with E-state index >= 15 is 0 Å². The van der Waals surface area contributed by atoms with Crippen LogP contribution in [0.5, 0.6) is 5.75 Å². The maximum atomic E-state index is 13.6. The van der Waals surface area contributed by atoms with Crippen molar-refractivity contribution in [1.82, 2.24) is 5.32 Å². The van der Waals surface area contributed by atoms with E-state index in [1.807, 2.05) is 32.2 Å². The predicted molar refractivity (Wildman–Crippen MR) is 82.7 cm³/mol. The average Bonchev–Trinajstić information content (AvgIpc) is 2.42. The lowest BCUT2D eigenvalue weighted by Gasteiger charge is -2.21. The van der Waals surface area contributed by atoms with Crippen molar-refractivity contribution < 1.29 is 9.13 Å². The molecule has 0 radical (unpaired) electrons. The van der Waals surface area contributed by atoms with E-state index < -0.39 is 0 Å². The average molecular weight is 338 g/mol. The fourth-order valence-corrected chi connectivity index (χ4v) is 3.00. The third-order valence-corrected chi connectivity index (χ3v) is 3.95. The van der Waals surface area contributed by atoms with Crippen molar-refractivity contribution in [3.8, 4) is 5.75 Å². The Kier molecular flexibility index (Phi) is 4.78. The Bertz CT molecular complexity index is 615. The van der Waals surface area contributed by atoms with Gasteiger partial charge in [-0.05, 0) is 49.4 Å². The molecule has 0 heterocycles. The number of hydrogen-bond donors (Lipinski definition) is 1. The van der Waals surface area contributed by atoms with Crippen LogP contribution >= 0.6 is 15.9 Å². The van der Waals surface area contributed by atoms with Crippen LogP contribution in [0.15, 0.2) is 40.9 Å². The zero-order chi connectivity index (χ0) is 14.7. The third kappa shape index (κ3) is 3.02. The summed E-state index contributed by atoms with van der Waals surface area (Å²) in [5, 5.41) is 3.22. The fourth-order valence-electron chi connectivity index (χ4n) is 2.28. The topological polar surface area (TPSA) is 21.3 Å². The smallest absolute Gasteiger partial charge is 0.124 e. The predicted octanol–water partition coefficient (Wildman–Crippen LogP) is 4.21. The molecule has 2 aromatic rings. The number of aryl methyl sites for hydroxylation is 1. The Balaban J connectivity index is 2.54. The number of rotatable bonds is 4. The summed E-state index contributed by atoms with van der Waals surface area (Å²) < 4.78 is 19.9. The number of benzene rings is 2. The van der Waals surface area contributed by atoms with Gasteiger partial charge in [0.2, 0.25) is 0 Å². The van der Waals surface area contributed by atoms with Crippen LogP contribution in [0.1, 0.15) is 22.7 Å². The largest absolute Gasteiger partial charge is 0.496 e. The lowest BCUT2D eigenvalue weighted by molar-refractivity contribution is 0.404. The van der Waals surface area contributed by atoms with Gasteiger partial charge >= 0.3 is 0 Å². The van der Waals surface area contributed by atoms with Gasteiger partial charge in [-0.1, -0.05) is 28.1 Å². The normalized spacial score (nSPS) is 12.2. The SMILES string of the molecule is CNC(c1ccc(C)cc1Br)c1cc(F)ccc1OC. The quantitative estimate of drug-likeness (QED) is 0.902. The van der Waals surface area contributed by atoms with Crippen LogP contribution in [0.25, 0.3) is 0 Å². The number of nitrogens with one attached hydrogen (secondary N) is 1. The van der Waals surface area contributed by atoms with Gasteiger partial charge in [0.1, 0.15) is 11.6 Å². The molecular weight excluding hydrogens is 321 g/mol. The molecule has 2 rings (SSSR count). The summed E-state index contributed by atoms with van der Waals surface area (Å²) >= 11 is 3.58. The minimum absolute atomic E-state index is 0.143. The van der Waals surface area contributed by atoms with Crippen molar-refractivity contribution in [3.63, 3.8) is 0 Å². The van der Waals surface area contributed by atoms with Gasteiger partial charge in [-0.25, -0.2) is 4.39 Å². The van der Waals surface area contributed by atoms with E-state index in [1.54, 1.807) is 13.2 Å². The standard InChI is InChI=1S/C16H17BrFNO/c1-10-4-6-12(14(17)8-10)16(19-2)13-9-11(18)5-7-15(13)20-3/h4-9,16,19H,1-3H3. The molecule has 2 nitrogen and oxygen atoms in total. The second-order valence-electron chi connectivity index (χ2n) is 4.63. The molecule has 0 aliphatic rings. The Labute approximate surface area is 127 Å². The molecule has 0 saturated heterocycles. The molecule has 0 bridgehead atoms. The Morgan fingerprint density at radius 1 is 1.15 bits per heavy atom. The highest BCUT2D eigenvalue weighted by atomic mass is 79.9. The van der Waals surface area contributed by atoms with Gasteiger partial charge in [0.15, 0.2) is 0 Å². The first-order valence-electron chi connectivity index (χ1n) is 6.33. The Morgan fingerprint density at radius 3 is 2.50 bits per heavy atom. The molecule has 0 spiro atoms. The zero-order valence-corrected chi connectivity index (χ0v) is 13.3. The molecule has 1 atom stereocenters. The van der Waals surface area contributed by atoms with Crippen LogP contribution in [0.3, 0.4) is 0 Å². The highest BCUT2D eigenvalue weighted by Crippen LogP contribution is 2.34. The molecule has 2 aromatic carbocycles. The van der Waals surface area contributed by atoms with Crippen LogP contribution in [0, 0.1) is 12.7 Å². The van der Waals surface area contributed by atoms with Gasteiger partial charge in [0.25, 0.3) is 0 Å². The molecule has 1 unspecified atom stereocenters. The Morgan fingerprint density at radius 2 is 1.90 bits per heavy atom. The lowest BCUT2D eigenvalue weighted by Crippen LogP contribution is -2.19. The monoisotopic (exact) mass is 337 g/mol. The van der Waals surface area contributed by atoms with Crippen LogP contribution in [0.2, 0.25) is 0 Å². The van der Waals surface area contributed by atoms with Crippen molar-refractivity contribution in [2.45, 2.75) is 13.0 Å². The first kappa shape index (κ1) is 15.0. The number of halogens is 2. The summed E-state index contributed by atoms with van der Waals surface area (Å²) in [6.07, 6.45) is 0. The van der Waals surface area contributed by atoms with Crippen LogP contribution in [-0.4, -0.2) is 14.2 Å². The lowest BCUT2D eigenvalue weighted by atomic mass is 9.97. The van der Waals surface area contributed by atoms with Gasteiger partial charge in [0, 0.05) is 10.0 Å². The van der Waals surface area contributed by atoms with Crippen molar-refractivity contribution in [2.24, 2.45) is 0 Å². The fraction of sp³-hybridized carbons (Fsp3) is 0.250. The van der Waals surface area contributed by atoms with E-state index in [2.05, 4.69) is 21.2 Å². The molecule has 20 heavy (non-hydrogen) atoms. The van der Waals surface area contributed by atoms with Crippen LogP contribution in [0.4, 0.5) is 4.39 Å². The molecule has 106 valence electrons. The summed E-state index contributed by atoms with van der Waals surface area (Å²) in [6.45, 7) is 2.03. The highest BCUT2D eigenvalue weighted by Gasteiger charge is 2.19. The summed E-state index contributed by atoms with van der Waals surface area (Å²) in [4.78, 5) is 0. The van der Waals surface area contributed by atoms with E-state index in [0.29, 0.717) is 5.75 Å². The number of methoxy groups -OCH3 is 1. The number of ether oxygens (including phenoxy) is 1. The maximum Gasteiger partial charge on any atom is 0.124 e.